The zero-order valence-electron chi connectivity index (χ0n) is 14.0. The Bertz CT molecular complexity index is 496. The molecule has 2 amide bonds. The predicted molar refractivity (Wildman–Crippen MR) is 96.3 cm³/mol. The van der Waals surface area contributed by atoms with Gasteiger partial charge in [0.15, 0.2) is 0 Å². The Morgan fingerprint density at radius 1 is 1.16 bits per heavy atom. The van der Waals surface area contributed by atoms with Crippen LogP contribution in [0.15, 0.2) is 0 Å². The molecule has 1 aliphatic rings. The topological polar surface area (TPSA) is 133 Å². The van der Waals surface area contributed by atoms with Gasteiger partial charge < -0.3 is 20.8 Å². The lowest BCUT2D eigenvalue weighted by Crippen LogP contribution is -2.51. The number of carboxylic acid groups (broad SMARTS) is 2. The van der Waals surface area contributed by atoms with E-state index in [-0.39, 0.29) is 6.42 Å². The molecule has 0 aliphatic carbocycles. The first-order chi connectivity index (χ1) is 11.8. The molecule has 4 N–H and O–H groups in total. The molecule has 3 atom stereocenters. The highest BCUT2D eigenvalue weighted by atomic mass is 33.1. The SMILES string of the molecule is C[C@@H](NC(=O)[C@H](CC(=O)O)NC(=O)CCCC[C@H]1CCSS1)C(=O)O. The van der Waals surface area contributed by atoms with Crippen molar-refractivity contribution in [2.75, 3.05) is 5.75 Å². The van der Waals surface area contributed by atoms with E-state index >= 15 is 0 Å². The third kappa shape index (κ3) is 9.01. The summed E-state index contributed by atoms with van der Waals surface area (Å²) < 4.78 is 0. The van der Waals surface area contributed by atoms with Crippen LogP contribution in [0.1, 0.15) is 45.4 Å². The zero-order chi connectivity index (χ0) is 18.8. The fourth-order valence-electron chi connectivity index (χ4n) is 2.25. The number of aliphatic carboxylic acids is 2. The highest BCUT2D eigenvalue weighted by Crippen LogP contribution is 2.39. The number of hydrogen-bond acceptors (Lipinski definition) is 6. The van der Waals surface area contributed by atoms with Gasteiger partial charge in [-0.15, -0.1) is 0 Å². The molecule has 25 heavy (non-hydrogen) atoms. The summed E-state index contributed by atoms with van der Waals surface area (Å²) in [5.74, 6) is -2.55. The Kier molecular flexibility index (Phi) is 9.73. The fraction of sp³-hybridized carbons (Fsp3) is 0.733. The number of amides is 2. The van der Waals surface area contributed by atoms with Crippen molar-refractivity contribution in [1.29, 1.82) is 0 Å². The Morgan fingerprint density at radius 3 is 2.44 bits per heavy atom. The molecule has 0 aromatic carbocycles. The van der Waals surface area contributed by atoms with Gasteiger partial charge in [-0.1, -0.05) is 28.0 Å². The maximum Gasteiger partial charge on any atom is 0.325 e. The van der Waals surface area contributed by atoms with Crippen molar-refractivity contribution in [3.8, 4) is 0 Å². The van der Waals surface area contributed by atoms with Gasteiger partial charge in [-0.25, -0.2) is 0 Å². The third-order valence-electron chi connectivity index (χ3n) is 3.67. The molecule has 1 aliphatic heterocycles. The molecular formula is C15H24N2O6S2. The van der Waals surface area contributed by atoms with E-state index in [1.807, 2.05) is 21.6 Å². The van der Waals surface area contributed by atoms with Gasteiger partial charge >= 0.3 is 11.9 Å². The standard InChI is InChI=1S/C15H24N2O6S2/c1-9(15(22)23)16-14(21)11(8-13(19)20)17-12(18)5-3-2-4-10-6-7-24-25-10/h9-11H,2-8H2,1H3,(H,16,21)(H,17,18)(H,19,20)(H,22,23)/t9-,10+,11+/m1/s1. The Labute approximate surface area is 154 Å². The zero-order valence-corrected chi connectivity index (χ0v) is 15.7. The number of rotatable bonds is 11. The van der Waals surface area contributed by atoms with Gasteiger partial charge in [0.1, 0.15) is 12.1 Å². The minimum atomic E-state index is -1.28. The van der Waals surface area contributed by atoms with Crippen molar-refractivity contribution < 1.29 is 29.4 Å². The van der Waals surface area contributed by atoms with Crippen LogP contribution in [0.4, 0.5) is 0 Å². The monoisotopic (exact) mass is 392 g/mol. The lowest BCUT2D eigenvalue weighted by Gasteiger charge is -2.18. The first kappa shape index (κ1) is 21.6. The van der Waals surface area contributed by atoms with Gasteiger partial charge in [0, 0.05) is 17.4 Å². The van der Waals surface area contributed by atoms with E-state index < -0.39 is 42.3 Å². The molecule has 0 aromatic heterocycles. The van der Waals surface area contributed by atoms with Crippen molar-refractivity contribution in [3.05, 3.63) is 0 Å². The van der Waals surface area contributed by atoms with E-state index in [0.717, 1.165) is 18.6 Å². The van der Waals surface area contributed by atoms with Crippen LogP contribution in [0.3, 0.4) is 0 Å². The van der Waals surface area contributed by atoms with E-state index in [9.17, 15) is 19.2 Å². The number of carbonyl (C=O) groups excluding carboxylic acids is 2. The number of nitrogens with one attached hydrogen (secondary N) is 2. The molecule has 1 fully saturated rings. The van der Waals surface area contributed by atoms with Gasteiger partial charge in [-0.2, -0.15) is 0 Å². The summed E-state index contributed by atoms with van der Waals surface area (Å²) in [6, 6.07) is -2.45. The van der Waals surface area contributed by atoms with Crippen LogP contribution in [-0.4, -0.2) is 57.1 Å². The summed E-state index contributed by atoms with van der Waals surface area (Å²) in [6.07, 6.45) is 3.41. The number of carboxylic acids is 2. The van der Waals surface area contributed by atoms with Crippen molar-refractivity contribution in [3.63, 3.8) is 0 Å². The molecule has 0 radical (unpaired) electrons. The van der Waals surface area contributed by atoms with Crippen LogP contribution in [0, 0.1) is 0 Å². The molecule has 0 spiro atoms. The van der Waals surface area contributed by atoms with Gasteiger partial charge in [-0.3, -0.25) is 19.2 Å². The van der Waals surface area contributed by atoms with Gasteiger partial charge in [0.25, 0.3) is 0 Å². The Hall–Kier alpha value is -1.42. The average Bonchev–Trinajstić information content (AvgIpc) is 3.03. The van der Waals surface area contributed by atoms with Crippen LogP contribution in [0.25, 0.3) is 0 Å². The first-order valence-electron chi connectivity index (χ1n) is 8.12. The molecule has 0 aromatic rings. The highest BCUT2D eigenvalue weighted by Gasteiger charge is 2.26. The minimum Gasteiger partial charge on any atom is -0.481 e. The lowest BCUT2D eigenvalue weighted by molar-refractivity contribution is -0.143. The first-order valence-corrected chi connectivity index (χ1v) is 10.5. The lowest BCUT2D eigenvalue weighted by atomic mass is 10.1. The Morgan fingerprint density at radius 2 is 1.88 bits per heavy atom. The summed E-state index contributed by atoms with van der Waals surface area (Å²) in [6.45, 7) is 1.26. The van der Waals surface area contributed by atoms with E-state index in [4.69, 9.17) is 10.2 Å². The molecule has 1 rings (SSSR count). The maximum absolute atomic E-state index is 12.0. The van der Waals surface area contributed by atoms with Crippen molar-refractivity contribution >= 4 is 45.3 Å². The molecule has 1 saturated heterocycles. The summed E-state index contributed by atoms with van der Waals surface area (Å²) in [4.78, 5) is 45.6. The summed E-state index contributed by atoms with van der Waals surface area (Å²) in [5.41, 5.74) is 0. The van der Waals surface area contributed by atoms with Crippen molar-refractivity contribution in [2.24, 2.45) is 0 Å². The molecule has 0 unspecified atom stereocenters. The minimum absolute atomic E-state index is 0.211. The van der Waals surface area contributed by atoms with Crippen LogP contribution in [0.2, 0.25) is 0 Å². The second kappa shape index (κ2) is 11.2. The van der Waals surface area contributed by atoms with Gasteiger partial charge in [-0.05, 0) is 26.2 Å². The highest BCUT2D eigenvalue weighted by molar-refractivity contribution is 8.77. The van der Waals surface area contributed by atoms with Crippen molar-refractivity contribution in [1.82, 2.24) is 10.6 Å². The van der Waals surface area contributed by atoms with E-state index in [0.29, 0.717) is 11.7 Å². The van der Waals surface area contributed by atoms with E-state index in [2.05, 4.69) is 10.6 Å². The van der Waals surface area contributed by atoms with Crippen molar-refractivity contribution in [2.45, 2.75) is 62.8 Å². The van der Waals surface area contributed by atoms with Crippen LogP contribution < -0.4 is 10.6 Å². The van der Waals surface area contributed by atoms with Crippen LogP contribution in [0.5, 0.6) is 0 Å². The fourth-order valence-corrected chi connectivity index (χ4v) is 5.28. The van der Waals surface area contributed by atoms with E-state index in [1.165, 1.54) is 13.3 Å². The maximum atomic E-state index is 12.0. The molecule has 1 heterocycles. The molecule has 10 heteroatoms. The largest absolute Gasteiger partial charge is 0.481 e. The molecular weight excluding hydrogens is 368 g/mol. The number of carbonyl (C=O) groups is 4. The smallest absolute Gasteiger partial charge is 0.325 e. The number of hydrogen-bond donors (Lipinski definition) is 4. The molecule has 0 bridgehead atoms. The summed E-state index contributed by atoms with van der Waals surface area (Å²) >= 11 is 0. The molecule has 0 saturated carbocycles. The molecule has 142 valence electrons. The summed E-state index contributed by atoms with van der Waals surface area (Å²) in [5, 5.41) is 22.9. The van der Waals surface area contributed by atoms with Gasteiger partial charge in [0.05, 0.1) is 6.42 Å². The third-order valence-corrected chi connectivity index (χ3v) is 6.67. The Balaban J connectivity index is 2.38. The number of unbranched alkanes of at least 4 members (excludes halogenated alkanes) is 1. The quantitative estimate of drug-likeness (QED) is 0.305. The second-order valence-electron chi connectivity index (χ2n) is 5.86. The second-order valence-corrected chi connectivity index (χ2v) is 8.65. The predicted octanol–water partition coefficient (Wildman–Crippen LogP) is 1.25. The van der Waals surface area contributed by atoms with Gasteiger partial charge in [0.2, 0.25) is 11.8 Å². The average molecular weight is 392 g/mol. The molecule has 8 nitrogen and oxygen atoms in total. The van der Waals surface area contributed by atoms with Crippen LogP contribution >= 0.6 is 21.6 Å². The normalized spacial score (nSPS) is 19.0. The summed E-state index contributed by atoms with van der Waals surface area (Å²) in [7, 11) is 3.75. The van der Waals surface area contributed by atoms with Crippen LogP contribution in [-0.2, 0) is 19.2 Å². The van der Waals surface area contributed by atoms with E-state index in [1.54, 1.807) is 0 Å².